The molecule has 0 amide bonds. The van der Waals surface area contributed by atoms with Crippen LogP contribution >= 0.6 is 0 Å². The predicted molar refractivity (Wildman–Crippen MR) is 48.0 cm³/mol. The molecular formula is C8H15N5. The summed E-state index contributed by atoms with van der Waals surface area (Å²) in [5.41, 5.74) is 5.84. The van der Waals surface area contributed by atoms with Crippen molar-refractivity contribution in [2.75, 3.05) is 6.54 Å². The van der Waals surface area contributed by atoms with E-state index in [-0.39, 0.29) is 0 Å². The van der Waals surface area contributed by atoms with Crippen molar-refractivity contribution in [3.8, 4) is 0 Å². The third-order valence-corrected chi connectivity index (χ3v) is 2.73. The lowest BCUT2D eigenvalue weighted by Gasteiger charge is -2.03. The summed E-state index contributed by atoms with van der Waals surface area (Å²) in [5.74, 6) is 1.52. The minimum absolute atomic E-state index is 0.376. The van der Waals surface area contributed by atoms with Crippen LogP contribution in [0.3, 0.4) is 0 Å². The first-order chi connectivity index (χ1) is 6.15. The number of nitrogens with two attached hydrogens (primary N) is 1. The Morgan fingerprint density at radius 1 is 1.62 bits per heavy atom. The minimum Gasteiger partial charge on any atom is -0.329 e. The molecule has 1 aromatic rings. The van der Waals surface area contributed by atoms with Crippen molar-refractivity contribution in [3.63, 3.8) is 0 Å². The van der Waals surface area contributed by atoms with Crippen molar-refractivity contribution in [3.05, 3.63) is 5.82 Å². The van der Waals surface area contributed by atoms with Crippen LogP contribution in [0.1, 0.15) is 32.0 Å². The van der Waals surface area contributed by atoms with Crippen molar-refractivity contribution in [2.45, 2.75) is 32.7 Å². The lowest BCUT2D eigenvalue weighted by Crippen LogP contribution is -2.14. The highest BCUT2D eigenvalue weighted by molar-refractivity contribution is 5.14. The predicted octanol–water partition coefficient (Wildman–Crippen LogP) is 0.145. The SMILES string of the molecule is CC1(C)CC1c1nnnn1CCN. The molecule has 2 N–H and O–H groups in total. The van der Waals surface area contributed by atoms with Crippen molar-refractivity contribution >= 4 is 0 Å². The first kappa shape index (κ1) is 8.62. The van der Waals surface area contributed by atoms with Crippen LogP contribution in [0.5, 0.6) is 0 Å². The van der Waals surface area contributed by atoms with E-state index in [0.29, 0.717) is 17.9 Å². The number of rotatable bonds is 3. The van der Waals surface area contributed by atoms with Gasteiger partial charge in [0.25, 0.3) is 0 Å². The summed E-state index contributed by atoms with van der Waals surface area (Å²) < 4.78 is 1.82. The summed E-state index contributed by atoms with van der Waals surface area (Å²) in [7, 11) is 0. The maximum atomic E-state index is 5.46. The van der Waals surface area contributed by atoms with Gasteiger partial charge in [-0.2, -0.15) is 0 Å². The fraction of sp³-hybridized carbons (Fsp3) is 0.875. The maximum absolute atomic E-state index is 5.46. The lowest BCUT2D eigenvalue weighted by atomic mass is 10.1. The Labute approximate surface area is 77.3 Å². The molecule has 0 aliphatic heterocycles. The van der Waals surface area contributed by atoms with E-state index in [1.54, 1.807) is 0 Å². The van der Waals surface area contributed by atoms with E-state index in [0.717, 1.165) is 12.4 Å². The van der Waals surface area contributed by atoms with E-state index in [2.05, 4.69) is 29.4 Å². The van der Waals surface area contributed by atoms with E-state index < -0.39 is 0 Å². The molecule has 1 aromatic heterocycles. The summed E-state index contributed by atoms with van der Waals surface area (Å²) in [6, 6.07) is 0. The van der Waals surface area contributed by atoms with E-state index >= 15 is 0 Å². The van der Waals surface area contributed by atoms with Gasteiger partial charge in [-0.15, -0.1) is 5.10 Å². The zero-order valence-electron chi connectivity index (χ0n) is 8.06. The molecule has 0 aromatic carbocycles. The molecule has 0 spiro atoms. The lowest BCUT2D eigenvalue weighted by molar-refractivity contribution is 0.542. The number of tetrazole rings is 1. The Hall–Kier alpha value is -0.970. The van der Waals surface area contributed by atoms with Gasteiger partial charge in [-0.25, -0.2) is 4.68 Å². The minimum atomic E-state index is 0.376. The fourth-order valence-electron chi connectivity index (χ4n) is 1.65. The van der Waals surface area contributed by atoms with Gasteiger partial charge in [0.15, 0.2) is 5.82 Å². The van der Waals surface area contributed by atoms with E-state index in [4.69, 9.17) is 5.73 Å². The summed E-state index contributed by atoms with van der Waals surface area (Å²) in [5, 5.41) is 11.6. The second kappa shape index (κ2) is 2.77. The highest BCUT2D eigenvalue weighted by Crippen LogP contribution is 2.57. The van der Waals surface area contributed by atoms with Gasteiger partial charge in [-0.3, -0.25) is 0 Å². The molecule has 0 radical (unpaired) electrons. The molecule has 1 heterocycles. The fourth-order valence-corrected chi connectivity index (χ4v) is 1.65. The van der Waals surface area contributed by atoms with Crippen LogP contribution in [0, 0.1) is 5.41 Å². The van der Waals surface area contributed by atoms with Gasteiger partial charge < -0.3 is 5.73 Å². The Morgan fingerprint density at radius 3 is 2.85 bits per heavy atom. The highest BCUT2D eigenvalue weighted by atomic mass is 15.5. The molecule has 0 saturated heterocycles. The van der Waals surface area contributed by atoms with Crippen LogP contribution in [-0.4, -0.2) is 26.8 Å². The van der Waals surface area contributed by atoms with Gasteiger partial charge in [0.1, 0.15) is 0 Å². The molecular weight excluding hydrogens is 166 g/mol. The van der Waals surface area contributed by atoms with Crippen LogP contribution in [0.25, 0.3) is 0 Å². The zero-order chi connectivity index (χ0) is 9.47. The third-order valence-electron chi connectivity index (χ3n) is 2.73. The molecule has 5 nitrogen and oxygen atoms in total. The van der Waals surface area contributed by atoms with Gasteiger partial charge in [0.2, 0.25) is 0 Å². The Kier molecular flexibility index (Phi) is 1.83. The summed E-state index contributed by atoms with van der Waals surface area (Å²) in [4.78, 5) is 0. The van der Waals surface area contributed by atoms with Gasteiger partial charge in [-0.05, 0) is 22.3 Å². The molecule has 1 aliphatic carbocycles. The topological polar surface area (TPSA) is 69.6 Å². The number of aromatic nitrogens is 4. The molecule has 0 bridgehead atoms. The average Bonchev–Trinajstić information content (AvgIpc) is 2.52. The Morgan fingerprint density at radius 2 is 2.31 bits per heavy atom. The molecule has 1 saturated carbocycles. The van der Waals surface area contributed by atoms with Gasteiger partial charge in [0.05, 0.1) is 6.54 Å². The summed E-state index contributed by atoms with van der Waals surface area (Å²) >= 11 is 0. The molecule has 72 valence electrons. The molecule has 1 unspecified atom stereocenters. The van der Waals surface area contributed by atoms with Crippen LogP contribution in [-0.2, 0) is 6.54 Å². The van der Waals surface area contributed by atoms with Gasteiger partial charge >= 0.3 is 0 Å². The van der Waals surface area contributed by atoms with Crippen LogP contribution < -0.4 is 5.73 Å². The molecule has 1 fully saturated rings. The monoisotopic (exact) mass is 181 g/mol. The Balaban J connectivity index is 2.17. The smallest absolute Gasteiger partial charge is 0.154 e. The summed E-state index contributed by atoms with van der Waals surface area (Å²) in [6.07, 6.45) is 1.18. The molecule has 1 atom stereocenters. The van der Waals surface area contributed by atoms with E-state index in [1.807, 2.05) is 4.68 Å². The van der Waals surface area contributed by atoms with Crippen LogP contribution in [0.15, 0.2) is 0 Å². The van der Waals surface area contributed by atoms with E-state index in [1.165, 1.54) is 6.42 Å². The van der Waals surface area contributed by atoms with Gasteiger partial charge in [-0.1, -0.05) is 13.8 Å². The largest absolute Gasteiger partial charge is 0.329 e. The van der Waals surface area contributed by atoms with E-state index in [9.17, 15) is 0 Å². The summed E-state index contributed by atoms with van der Waals surface area (Å²) in [6.45, 7) is 5.78. The molecule has 2 rings (SSSR count). The molecule has 1 aliphatic rings. The van der Waals surface area contributed by atoms with Crippen molar-refractivity contribution in [1.82, 2.24) is 20.2 Å². The second-order valence-electron chi connectivity index (χ2n) is 4.29. The highest BCUT2D eigenvalue weighted by Gasteiger charge is 2.49. The standard InChI is InChI=1S/C8H15N5/c1-8(2)5-6(8)7-10-11-12-13(7)4-3-9/h6H,3-5,9H2,1-2H3. The van der Waals surface area contributed by atoms with Crippen molar-refractivity contribution < 1.29 is 0 Å². The van der Waals surface area contributed by atoms with Crippen molar-refractivity contribution in [2.24, 2.45) is 11.1 Å². The maximum Gasteiger partial charge on any atom is 0.154 e. The normalized spacial score (nSPS) is 24.7. The average molecular weight is 181 g/mol. The number of hydrogen-bond acceptors (Lipinski definition) is 4. The molecule has 13 heavy (non-hydrogen) atoms. The molecule has 5 heteroatoms. The first-order valence-corrected chi connectivity index (χ1v) is 4.61. The van der Waals surface area contributed by atoms with Crippen LogP contribution in [0.2, 0.25) is 0 Å². The quantitative estimate of drug-likeness (QED) is 0.720. The second-order valence-corrected chi connectivity index (χ2v) is 4.29. The number of nitrogens with zero attached hydrogens (tertiary/aromatic N) is 4. The third kappa shape index (κ3) is 1.44. The number of hydrogen-bond donors (Lipinski definition) is 1. The van der Waals surface area contributed by atoms with Crippen molar-refractivity contribution in [1.29, 1.82) is 0 Å². The zero-order valence-corrected chi connectivity index (χ0v) is 8.06. The Bertz CT molecular complexity index is 303. The first-order valence-electron chi connectivity index (χ1n) is 4.61. The van der Waals surface area contributed by atoms with Gasteiger partial charge in [0, 0.05) is 12.5 Å². The van der Waals surface area contributed by atoms with Crippen LogP contribution in [0.4, 0.5) is 0 Å².